The molecular weight excluding hydrogens is 391 g/mol. The summed E-state index contributed by atoms with van der Waals surface area (Å²) in [6.07, 6.45) is 5.23. The van der Waals surface area contributed by atoms with E-state index in [1.54, 1.807) is 18.3 Å². The van der Waals surface area contributed by atoms with Crippen LogP contribution in [0.5, 0.6) is 0 Å². The van der Waals surface area contributed by atoms with Gasteiger partial charge >= 0.3 is 0 Å². The summed E-state index contributed by atoms with van der Waals surface area (Å²) in [5.74, 6) is -0.554. The van der Waals surface area contributed by atoms with Gasteiger partial charge in [-0.1, -0.05) is 6.07 Å². The van der Waals surface area contributed by atoms with E-state index in [0.29, 0.717) is 18.3 Å². The zero-order valence-electron chi connectivity index (χ0n) is 16.2. The summed E-state index contributed by atoms with van der Waals surface area (Å²) in [6.45, 7) is 4.61. The first kappa shape index (κ1) is 19.0. The fourth-order valence-electron chi connectivity index (χ4n) is 4.76. The number of fused-ring (bicyclic) bond motifs is 1. The van der Waals surface area contributed by atoms with E-state index in [1.165, 1.54) is 42.0 Å². The summed E-state index contributed by atoms with van der Waals surface area (Å²) in [7, 11) is -3.85. The van der Waals surface area contributed by atoms with Gasteiger partial charge in [0, 0.05) is 25.3 Å². The van der Waals surface area contributed by atoms with E-state index in [1.807, 2.05) is 0 Å². The Morgan fingerprint density at radius 3 is 2.48 bits per heavy atom. The quantitative estimate of drug-likeness (QED) is 0.767. The number of hydrogen-bond acceptors (Lipinski definition) is 5. The van der Waals surface area contributed by atoms with E-state index >= 15 is 0 Å². The van der Waals surface area contributed by atoms with Crippen LogP contribution in [-0.2, 0) is 10.0 Å². The van der Waals surface area contributed by atoms with E-state index in [2.05, 4.69) is 14.8 Å². The molecule has 2 aromatic rings. The van der Waals surface area contributed by atoms with Gasteiger partial charge < -0.3 is 4.90 Å². The third-order valence-electron chi connectivity index (χ3n) is 6.47. The van der Waals surface area contributed by atoms with Crippen molar-refractivity contribution < 1.29 is 12.8 Å². The lowest BCUT2D eigenvalue weighted by atomic mass is 9.98. The highest BCUT2D eigenvalue weighted by Gasteiger charge is 2.41. The third kappa shape index (κ3) is 3.33. The number of anilines is 1. The highest BCUT2D eigenvalue weighted by atomic mass is 32.2. The molecule has 2 fully saturated rings. The Balaban J connectivity index is 1.40. The monoisotopic (exact) mass is 416 g/mol. The number of sulfonamides is 1. The van der Waals surface area contributed by atoms with Crippen LogP contribution >= 0.6 is 0 Å². The van der Waals surface area contributed by atoms with Crippen molar-refractivity contribution in [3.05, 3.63) is 54.1 Å². The molecule has 3 aliphatic heterocycles. The van der Waals surface area contributed by atoms with Crippen LogP contribution < -0.4 is 4.31 Å². The summed E-state index contributed by atoms with van der Waals surface area (Å²) in [4.78, 5) is 9.44. The second kappa shape index (κ2) is 7.34. The molecule has 1 atom stereocenters. The van der Waals surface area contributed by atoms with Crippen molar-refractivity contribution in [1.82, 2.24) is 14.8 Å². The minimum Gasteiger partial charge on any atom is -0.300 e. The van der Waals surface area contributed by atoms with Crippen molar-refractivity contribution in [1.29, 1.82) is 0 Å². The maximum atomic E-state index is 13.7. The van der Waals surface area contributed by atoms with Crippen molar-refractivity contribution in [2.45, 2.75) is 36.2 Å². The van der Waals surface area contributed by atoms with Gasteiger partial charge in [0.05, 0.1) is 28.9 Å². The lowest BCUT2D eigenvalue weighted by Gasteiger charge is -2.44. The van der Waals surface area contributed by atoms with Crippen LogP contribution in [0.4, 0.5) is 10.1 Å². The molecule has 4 heterocycles. The van der Waals surface area contributed by atoms with Crippen LogP contribution in [0, 0.1) is 5.82 Å². The zero-order chi connectivity index (χ0) is 20.0. The Hall–Kier alpha value is -2.03. The number of benzene rings is 1. The van der Waals surface area contributed by atoms with Gasteiger partial charge in [-0.15, -0.1) is 0 Å². The van der Waals surface area contributed by atoms with Gasteiger partial charge in [0.2, 0.25) is 0 Å². The molecule has 8 heteroatoms. The molecule has 0 N–H and O–H groups in total. The minimum atomic E-state index is -3.85. The number of rotatable bonds is 4. The molecule has 3 aliphatic rings. The lowest BCUT2D eigenvalue weighted by molar-refractivity contribution is 0.0505. The number of hydrogen-bond donors (Lipinski definition) is 0. The number of nitrogens with zero attached hydrogens (tertiary/aromatic N) is 4. The van der Waals surface area contributed by atoms with E-state index < -0.39 is 15.8 Å². The molecule has 0 saturated carbocycles. The van der Waals surface area contributed by atoms with Gasteiger partial charge in [0.25, 0.3) is 10.0 Å². The Labute approximate surface area is 171 Å². The Morgan fingerprint density at radius 2 is 1.79 bits per heavy atom. The Morgan fingerprint density at radius 1 is 1.00 bits per heavy atom. The molecule has 154 valence electrons. The zero-order valence-corrected chi connectivity index (χ0v) is 17.1. The van der Waals surface area contributed by atoms with E-state index in [0.717, 1.165) is 37.7 Å². The van der Waals surface area contributed by atoms with Crippen LogP contribution in [0.1, 0.15) is 31.0 Å². The molecule has 0 aliphatic carbocycles. The molecule has 6 nitrogen and oxygen atoms in total. The number of likely N-dealkylation sites (tertiary alicyclic amines) is 2. The molecular formula is C21H25FN4O2S. The summed E-state index contributed by atoms with van der Waals surface area (Å²) in [5, 5.41) is 0. The molecule has 5 rings (SSSR count). The maximum Gasteiger partial charge on any atom is 0.264 e. The SMILES string of the molecule is O=S(=O)(c1cccc(F)c1)N1CC(N2CCC(N3CCC3)CC2)c2ncccc21. The second-order valence-electron chi connectivity index (χ2n) is 8.07. The number of aromatic nitrogens is 1. The average Bonchev–Trinajstić information content (AvgIpc) is 3.08. The van der Waals surface area contributed by atoms with Gasteiger partial charge in [-0.25, -0.2) is 12.8 Å². The van der Waals surface area contributed by atoms with E-state index in [-0.39, 0.29) is 10.9 Å². The molecule has 2 saturated heterocycles. The molecule has 0 spiro atoms. The topological polar surface area (TPSA) is 56.8 Å². The Bertz CT molecular complexity index is 1000. The highest BCUT2D eigenvalue weighted by molar-refractivity contribution is 7.92. The van der Waals surface area contributed by atoms with Crippen LogP contribution in [0.15, 0.2) is 47.5 Å². The first-order valence-electron chi connectivity index (χ1n) is 10.3. The summed E-state index contributed by atoms with van der Waals surface area (Å²) in [6, 6.07) is 9.35. The molecule has 1 aromatic heterocycles. The van der Waals surface area contributed by atoms with E-state index in [9.17, 15) is 12.8 Å². The van der Waals surface area contributed by atoms with Gasteiger partial charge in [-0.3, -0.25) is 14.2 Å². The third-order valence-corrected chi connectivity index (χ3v) is 8.25. The van der Waals surface area contributed by atoms with Crippen LogP contribution in [0.2, 0.25) is 0 Å². The molecule has 0 amide bonds. The number of pyridine rings is 1. The summed E-state index contributed by atoms with van der Waals surface area (Å²) >= 11 is 0. The van der Waals surface area contributed by atoms with Gasteiger partial charge in [0.15, 0.2) is 0 Å². The summed E-state index contributed by atoms with van der Waals surface area (Å²) < 4.78 is 41.6. The van der Waals surface area contributed by atoms with Gasteiger partial charge in [-0.05, 0) is 62.7 Å². The van der Waals surface area contributed by atoms with Crippen LogP contribution in [0.25, 0.3) is 0 Å². The molecule has 1 unspecified atom stereocenters. The Kier molecular flexibility index (Phi) is 4.80. The standard InChI is InChI=1S/C21H25FN4O2S/c22-16-4-1-5-18(14-16)29(27,28)26-15-20(21-19(26)6-2-9-23-21)25-12-7-17(8-13-25)24-10-3-11-24/h1-2,4-6,9,14,17,20H,3,7-8,10-13,15H2. The largest absolute Gasteiger partial charge is 0.300 e. The second-order valence-corrected chi connectivity index (χ2v) is 9.94. The predicted molar refractivity (Wildman–Crippen MR) is 109 cm³/mol. The normalized spacial score (nSPS) is 23.8. The molecule has 1 aromatic carbocycles. The van der Waals surface area contributed by atoms with Crippen molar-refractivity contribution in [2.75, 3.05) is 37.0 Å². The molecule has 29 heavy (non-hydrogen) atoms. The first-order chi connectivity index (χ1) is 14.0. The van der Waals surface area contributed by atoms with Crippen molar-refractivity contribution in [2.24, 2.45) is 0 Å². The van der Waals surface area contributed by atoms with Gasteiger partial charge in [0.1, 0.15) is 5.82 Å². The maximum absolute atomic E-state index is 13.7. The van der Waals surface area contributed by atoms with Crippen LogP contribution in [0.3, 0.4) is 0 Å². The fraction of sp³-hybridized carbons (Fsp3) is 0.476. The van der Waals surface area contributed by atoms with Crippen molar-refractivity contribution in [3.63, 3.8) is 0 Å². The van der Waals surface area contributed by atoms with Crippen LogP contribution in [-0.4, -0.2) is 62.0 Å². The lowest BCUT2D eigenvalue weighted by Crippen LogP contribution is -2.51. The van der Waals surface area contributed by atoms with Crippen molar-refractivity contribution >= 4 is 15.7 Å². The van der Waals surface area contributed by atoms with Gasteiger partial charge in [-0.2, -0.15) is 0 Å². The minimum absolute atomic E-state index is 0.0237. The van der Waals surface area contributed by atoms with Crippen molar-refractivity contribution in [3.8, 4) is 0 Å². The number of halogens is 1. The van der Waals surface area contributed by atoms with E-state index in [4.69, 9.17) is 0 Å². The molecule has 0 radical (unpaired) electrons. The number of piperidine rings is 1. The fourth-order valence-corrected chi connectivity index (χ4v) is 6.28. The molecule has 0 bridgehead atoms. The first-order valence-corrected chi connectivity index (χ1v) is 11.7. The predicted octanol–water partition coefficient (Wildman–Crippen LogP) is 2.64. The highest BCUT2D eigenvalue weighted by Crippen LogP contribution is 2.41. The average molecular weight is 417 g/mol. The smallest absolute Gasteiger partial charge is 0.264 e. The summed E-state index contributed by atoms with van der Waals surface area (Å²) in [5.41, 5.74) is 1.40.